The van der Waals surface area contributed by atoms with Gasteiger partial charge in [-0.05, 0) is 26.0 Å². The number of carbonyl (C=O) groups excluding carboxylic acids is 2. The zero-order valence-corrected chi connectivity index (χ0v) is 11.8. The molecule has 0 aromatic heterocycles. The summed E-state index contributed by atoms with van der Waals surface area (Å²) < 4.78 is 10.5. The van der Waals surface area contributed by atoms with E-state index >= 15 is 0 Å². The Kier molecular flexibility index (Phi) is 3.04. The molecule has 2 heterocycles. The van der Waals surface area contributed by atoms with E-state index in [4.69, 9.17) is 9.47 Å². The summed E-state index contributed by atoms with van der Waals surface area (Å²) in [7, 11) is 0. The van der Waals surface area contributed by atoms with E-state index in [2.05, 4.69) is 10.4 Å². The standard InChI is InChI=1S/C14H15N3O4/c1-3-20-12(18)11-15-13(19)14(2)8-21-10-7-5-4-6-9(10)17(14)16-11/h4-7H,3,8H2,1-2H3,(H,15,16,19). The van der Waals surface area contributed by atoms with E-state index in [1.165, 1.54) is 5.01 Å². The van der Waals surface area contributed by atoms with Crippen LogP contribution in [0.4, 0.5) is 5.69 Å². The molecule has 7 heteroatoms. The molecule has 0 spiro atoms. The summed E-state index contributed by atoms with van der Waals surface area (Å²) in [6.45, 7) is 3.76. The Balaban J connectivity index is 2.07. The Bertz CT molecular complexity index is 643. The van der Waals surface area contributed by atoms with E-state index in [1.54, 1.807) is 26.0 Å². The van der Waals surface area contributed by atoms with Crippen molar-refractivity contribution in [3.8, 4) is 5.75 Å². The van der Waals surface area contributed by atoms with E-state index in [9.17, 15) is 9.59 Å². The number of esters is 1. The van der Waals surface area contributed by atoms with Crippen LogP contribution >= 0.6 is 0 Å². The molecule has 0 saturated carbocycles. The highest BCUT2D eigenvalue weighted by Crippen LogP contribution is 2.39. The van der Waals surface area contributed by atoms with E-state index in [1.807, 2.05) is 12.1 Å². The smallest absolute Gasteiger partial charge is 0.376 e. The normalized spacial score (nSPS) is 23.2. The minimum absolute atomic E-state index is 0.115. The maximum Gasteiger partial charge on any atom is 0.376 e. The van der Waals surface area contributed by atoms with Gasteiger partial charge in [0.1, 0.15) is 18.0 Å². The van der Waals surface area contributed by atoms with Crippen molar-refractivity contribution in [3.63, 3.8) is 0 Å². The van der Waals surface area contributed by atoms with Crippen LogP contribution in [0.15, 0.2) is 29.4 Å². The maximum atomic E-state index is 12.4. The molecule has 0 radical (unpaired) electrons. The number of hydrogen-bond donors (Lipinski definition) is 1. The first-order chi connectivity index (χ1) is 10.1. The number of hydrazone groups is 1. The third kappa shape index (κ3) is 2.01. The number of benzene rings is 1. The fourth-order valence-electron chi connectivity index (χ4n) is 2.28. The monoisotopic (exact) mass is 289 g/mol. The van der Waals surface area contributed by atoms with Gasteiger partial charge in [0.15, 0.2) is 5.54 Å². The van der Waals surface area contributed by atoms with Gasteiger partial charge in [0.25, 0.3) is 5.91 Å². The summed E-state index contributed by atoms with van der Waals surface area (Å²) in [6.07, 6.45) is 0. The molecule has 3 rings (SSSR count). The number of amidine groups is 1. The number of para-hydroxylation sites is 2. The van der Waals surface area contributed by atoms with Crippen molar-refractivity contribution in [1.82, 2.24) is 5.32 Å². The number of rotatable bonds is 2. The van der Waals surface area contributed by atoms with Crippen LogP contribution in [0.3, 0.4) is 0 Å². The Morgan fingerprint density at radius 2 is 2.29 bits per heavy atom. The second-order valence-electron chi connectivity index (χ2n) is 4.97. The molecule has 0 saturated heterocycles. The van der Waals surface area contributed by atoms with Crippen LogP contribution in [0.1, 0.15) is 13.8 Å². The lowest BCUT2D eigenvalue weighted by molar-refractivity contribution is -0.137. The number of ether oxygens (including phenoxy) is 2. The molecule has 1 amide bonds. The highest BCUT2D eigenvalue weighted by atomic mass is 16.5. The first kappa shape index (κ1) is 13.4. The number of anilines is 1. The Hall–Kier alpha value is -2.57. The van der Waals surface area contributed by atoms with E-state index in [0.717, 1.165) is 0 Å². The van der Waals surface area contributed by atoms with Gasteiger partial charge in [0, 0.05) is 0 Å². The number of amides is 1. The van der Waals surface area contributed by atoms with Crippen LogP contribution in [0.25, 0.3) is 0 Å². The fourth-order valence-corrected chi connectivity index (χ4v) is 2.28. The lowest BCUT2D eigenvalue weighted by atomic mass is 9.97. The quantitative estimate of drug-likeness (QED) is 0.809. The number of carbonyl (C=O) groups is 2. The van der Waals surface area contributed by atoms with Crippen molar-refractivity contribution in [2.45, 2.75) is 19.4 Å². The molecular weight excluding hydrogens is 274 g/mol. The first-order valence-electron chi connectivity index (χ1n) is 6.65. The summed E-state index contributed by atoms with van der Waals surface area (Å²) in [5, 5.41) is 8.26. The molecule has 2 aliphatic heterocycles. The van der Waals surface area contributed by atoms with Crippen molar-refractivity contribution in [2.24, 2.45) is 5.10 Å². The maximum absolute atomic E-state index is 12.4. The highest BCUT2D eigenvalue weighted by Gasteiger charge is 2.49. The van der Waals surface area contributed by atoms with E-state index in [0.29, 0.717) is 11.4 Å². The molecule has 2 aliphatic rings. The SMILES string of the molecule is CCOC(=O)C1=NN2c3ccccc3OCC2(C)C(=O)N1. The second kappa shape index (κ2) is 4.76. The molecule has 1 aromatic rings. The summed E-state index contributed by atoms with van der Waals surface area (Å²) in [5.74, 6) is -0.500. The van der Waals surface area contributed by atoms with E-state index in [-0.39, 0.29) is 25.0 Å². The summed E-state index contributed by atoms with van der Waals surface area (Å²) >= 11 is 0. The molecule has 1 N–H and O–H groups in total. The third-order valence-electron chi connectivity index (χ3n) is 3.46. The van der Waals surface area contributed by atoms with Gasteiger partial charge in [0.2, 0.25) is 5.84 Å². The number of nitrogens with one attached hydrogen (secondary N) is 1. The van der Waals surface area contributed by atoms with Gasteiger partial charge >= 0.3 is 5.97 Å². The fraction of sp³-hybridized carbons (Fsp3) is 0.357. The van der Waals surface area contributed by atoms with Crippen LogP contribution in [-0.4, -0.2) is 36.5 Å². The lowest BCUT2D eigenvalue weighted by Crippen LogP contribution is -2.66. The van der Waals surface area contributed by atoms with Crippen molar-refractivity contribution in [3.05, 3.63) is 24.3 Å². The second-order valence-corrected chi connectivity index (χ2v) is 4.97. The summed E-state index contributed by atoms with van der Waals surface area (Å²) in [4.78, 5) is 24.2. The van der Waals surface area contributed by atoms with Crippen molar-refractivity contribution in [1.29, 1.82) is 0 Å². The van der Waals surface area contributed by atoms with Gasteiger partial charge in [-0.15, -0.1) is 5.10 Å². The topological polar surface area (TPSA) is 80.2 Å². The highest BCUT2D eigenvalue weighted by molar-refractivity contribution is 6.39. The molecule has 110 valence electrons. The molecule has 7 nitrogen and oxygen atoms in total. The minimum Gasteiger partial charge on any atom is -0.488 e. The number of fused-ring (bicyclic) bond motifs is 3. The Morgan fingerprint density at radius 1 is 1.52 bits per heavy atom. The van der Waals surface area contributed by atoms with Gasteiger partial charge in [-0.3, -0.25) is 4.79 Å². The van der Waals surface area contributed by atoms with Crippen LogP contribution in [0, 0.1) is 0 Å². The molecule has 0 bridgehead atoms. The minimum atomic E-state index is -0.996. The predicted octanol–water partition coefficient (Wildman–Crippen LogP) is 0.650. The number of hydrogen-bond acceptors (Lipinski definition) is 6. The van der Waals surface area contributed by atoms with Crippen LogP contribution < -0.4 is 15.1 Å². The zero-order chi connectivity index (χ0) is 15.0. The van der Waals surface area contributed by atoms with Gasteiger partial charge in [-0.1, -0.05) is 12.1 Å². The number of nitrogens with zero attached hydrogens (tertiary/aromatic N) is 2. The van der Waals surface area contributed by atoms with Crippen molar-refractivity contribution in [2.75, 3.05) is 18.2 Å². The van der Waals surface area contributed by atoms with Crippen LogP contribution in [-0.2, 0) is 14.3 Å². The molecule has 0 fully saturated rings. The molecule has 21 heavy (non-hydrogen) atoms. The Morgan fingerprint density at radius 3 is 3.05 bits per heavy atom. The summed E-state index contributed by atoms with van der Waals surface area (Å²) in [5.41, 5.74) is -0.354. The molecule has 1 unspecified atom stereocenters. The largest absolute Gasteiger partial charge is 0.488 e. The van der Waals surface area contributed by atoms with Crippen LogP contribution in [0.5, 0.6) is 5.75 Å². The van der Waals surface area contributed by atoms with Crippen molar-refractivity contribution < 1.29 is 19.1 Å². The van der Waals surface area contributed by atoms with Gasteiger partial charge < -0.3 is 14.8 Å². The van der Waals surface area contributed by atoms with Gasteiger partial charge in [-0.2, -0.15) is 0 Å². The van der Waals surface area contributed by atoms with E-state index < -0.39 is 11.5 Å². The average Bonchev–Trinajstić information content (AvgIpc) is 2.48. The Labute approximate surface area is 121 Å². The average molecular weight is 289 g/mol. The molecular formula is C14H15N3O4. The first-order valence-corrected chi connectivity index (χ1v) is 6.65. The van der Waals surface area contributed by atoms with Crippen LogP contribution in [0.2, 0.25) is 0 Å². The van der Waals surface area contributed by atoms with Gasteiger partial charge in [0.05, 0.1) is 6.61 Å². The van der Waals surface area contributed by atoms with Gasteiger partial charge in [-0.25, -0.2) is 9.80 Å². The molecule has 0 aliphatic carbocycles. The zero-order valence-electron chi connectivity index (χ0n) is 11.8. The summed E-state index contributed by atoms with van der Waals surface area (Å²) in [6, 6.07) is 7.24. The van der Waals surface area contributed by atoms with Crippen molar-refractivity contribution >= 4 is 23.4 Å². The predicted molar refractivity (Wildman–Crippen MR) is 75.0 cm³/mol. The third-order valence-corrected chi connectivity index (χ3v) is 3.46. The lowest BCUT2D eigenvalue weighted by Gasteiger charge is -2.44. The molecule has 1 atom stereocenters. The molecule has 1 aromatic carbocycles.